The number of carbonyl (C=O) groups is 2. The number of benzene rings is 2. The molecule has 1 amide bonds. The van der Waals surface area contributed by atoms with Crippen LogP contribution in [0.3, 0.4) is 0 Å². The maximum Gasteiger partial charge on any atom is 0.337 e. The van der Waals surface area contributed by atoms with Crippen molar-refractivity contribution in [2.45, 2.75) is 24.9 Å². The normalized spacial score (nSPS) is 22.5. The highest BCUT2D eigenvalue weighted by molar-refractivity contribution is 5.92. The minimum atomic E-state index is -0.616. The average Bonchev–Trinajstić information content (AvgIpc) is 3.11. The number of methoxy groups -OCH3 is 1. The van der Waals surface area contributed by atoms with Gasteiger partial charge in [-0.05, 0) is 35.4 Å². The summed E-state index contributed by atoms with van der Waals surface area (Å²) in [6, 6.07) is 15.5. The number of para-hydroxylation sites is 1. The molecule has 0 bridgehead atoms. The lowest BCUT2D eigenvalue weighted by Gasteiger charge is -2.40. The highest BCUT2D eigenvalue weighted by atomic mass is 16.5. The quantitative estimate of drug-likeness (QED) is 0.853. The van der Waals surface area contributed by atoms with E-state index in [2.05, 4.69) is 42.3 Å². The van der Waals surface area contributed by atoms with E-state index in [9.17, 15) is 9.59 Å². The van der Waals surface area contributed by atoms with Crippen LogP contribution in [0.5, 0.6) is 0 Å². The average molecular weight is 362 g/mol. The Labute approximate surface area is 158 Å². The minimum Gasteiger partial charge on any atom is -0.465 e. The van der Waals surface area contributed by atoms with Crippen LogP contribution in [0.25, 0.3) is 6.08 Å². The van der Waals surface area contributed by atoms with Gasteiger partial charge in [-0.1, -0.05) is 50.3 Å². The van der Waals surface area contributed by atoms with Gasteiger partial charge in [-0.25, -0.2) is 4.79 Å². The molecule has 2 aromatic rings. The summed E-state index contributed by atoms with van der Waals surface area (Å²) in [5.41, 5.74) is 2.86. The molecule has 2 aliphatic heterocycles. The fourth-order valence-electron chi connectivity index (χ4n) is 4.20. The summed E-state index contributed by atoms with van der Waals surface area (Å²) in [6.45, 7) is 4.65. The summed E-state index contributed by atoms with van der Waals surface area (Å²) in [4.78, 5) is 26.0. The highest BCUT2D eigenvalue weighted by Crippen LogP contribution is 2.52. The number of anilines is 1. The van der Waals surface area contributed by atoms with Crippen LogP contribution in [0.15, 0.2) is 54.6 Å². The molecule has 4 rings (SSSR count). The molecule has 0 aromatic heterocycles. The lowest BCUT2D eigenvalue weighted by molar-refractivity contribution is -0.118. The second-order valence-corrected chi connectivity index (χ2v) is 7.49. The van der Waals surface area contributed by atoms with Gasteiger partial charge in [-0.2, -0.15) is 0 Å². The molecule has 1 unspecified atom stereocenters. The largest absolute Gasteiger partial charge is 0.465 e. The van der Waals surface area contributed by atoms with E-state index in [1.807, 2.05) is 30.3 Å². The van der Waals surface area contributed by atoms with Crippen molar-refractivity contribution in [1.29, 1.82) is 0 Å². The molecule has 138 valence electrons. The van der Waals surface area contributed by atoms with Gasteiger partial charge in [0.05, 0.1) is 19.2 Å². The zero-order valence-corrected chi connectivity index (χ0v) is 15.7. The van der Waals surface area contributed by atoms with Gasteiger partial charge in [0.15, 0.2) is 0 Å². The van der Waals surface area contributed by atoms with Crippen molar-refractivity contribution < 1.29 is 14.3 Å². The molecular weight excluding hydrogens is 340 g/mol. The van der Waals surface area contributed by atoms with Crippen molar-refractivity contribution in [2.24, 2.45) is 0 Å². The predicted molar refractivity (Wildman–Crippen MR) is 105 cm³/mol. The number of hydrogen-bond donors (Lipinski definition) is 1. The Kier molecular flexibility index (Phi) is 3.84. The van der Waals surface area contributed by atoms with E-state index >= 15 is 0 Å². The van der Waals surface area contributed by atoms with Crippen LogP contribution in [0.2, 0.25) is 0 Å². The van der Waals surface area contributed by atoms with E-state index in [4.69, 9.17) is 4.74 Å². The van der Waals surface area contributed by atoms with Crippen LogP contribution in [-0.4, -0.2) is 31.2 Å². The summed E-state index contributed by atoms with van der Waals surface area (Å²) in [7, 11) is 1.37. The summed E-state index contributed by atoms with van der Waals surface area (Å²) in [6.07, 6.45) is 4.05. The summed E-state index contributed by atoms with van der Waals surface area (Å²) in [5, 5.41) is 3.20. The molecular formula is C22H22N2O3. The van der Waals surface area contributed by atoms with Gasteiger partial charge in [0.2, 0.25) is 5.91 Å². The van der Waals surface area contributed by atoms with Crippen LogP contribution in [0.1, 0.15) is 35.3 Å². The molecule has 5 heteroatoms. The lowest BCUT2D eigenvalue weighted by Crippen LogP contribution is -2.58. The maximum absolute atomic E-state index is 12.3. The molecule has 5 nitrogen and oxygen atoms in total. The SMILES string of the molecule is COC(=O)c1ccc(C=CC23NC(=O)CN2c2ccccc2C3(C)C)cc1. The van der Waals surface area contributed by atoms with Crippen molar-refractivity contribution in [1.82, 2.24) is 5.32 Å². The number of fused-ring (bicyclic) bond motifs is 3. The lowest BCUT2D eigenvalue weighted by atomic mass is 9.75. The number of esters is 1. The van der Waals surface area contributed by atoms with Crippen molar-refractivity contribution >= 4 is 23.6 Å². The van der Waals surface area contributed by atoms with E-state index in [1.165, 1.54) is 12.7 Å². The molecule has 2 heterocycles. The number of hydrogen-bond acceptors (Lipinski definition) is 4. The number of carbonyl (C=O) groups excluding carboxylic acids is 2. The molecule has 0 radical (unpaired) electrons. The first-order chi connectivity index (χ1) is 12.9. The molecule has 0 aliphatic carbocycles. The number of nitrogens with zero attached hydrogens (tertiary/aromatic N) is 1. The number of ether oxygens (including phenoxy) is 1. The summed E-state index contributed by atoms with van der Waals surface area (Å²) in [5.74, 6) is -0.339. The van der Waals surface area contributed by atoms with E-state index in [-0.39, 0.29) is 17.3 Å². The molecule has 1 saturated heterocycles. The number of rotatable bonds is 3. The summed E-state index contributed by atoms with van der Waals surface area (Å²) >= 11 is 0. The first kappa shape index (κ1) is 17.3. The fourth-order valence-corrected chi connectivity index (χ4v) is 4.20. The van der Waals surface area contributed by atoms with Crippen LogP contribution in [-0.2, 0) is 14.9 Å². The van der Waals surface area contributed by atoms with E-state index in [1.54, 1.807) is 12.1 Å². The molecule has 2 aliphatic rings. The van der Waals surface area contributed by atoms with Gasteiger partial charge in [-0.15, -0.1) is 0 Å². The predicted octanol–water partition coefficient (Wildman–Crippen LogP) is 3.11. The standard InChI is InChI=1S/C22H22N2O3/c1-21(2)17-6-4-5-7-18(17)24-14-19(25)23-22(21,24)13-12-15-8-10-16(11-9-15)20(26)27-3/h4-13H,14H2,1-3H3,(H,23,25). The van der Waals surface area contributed by atoms with E-state index in [0.29, 0.717) is 12.1 Å². The summed E-state index contributed by atoms with van der Waals surface area (Å²) < 4.78 is 4.74. The van der Waals surface area contributed by atoms with Gasteiger partial charge < -0.3 is 15.0 Å². The monoisotopic (exact) mass is 362 g/mol. The van der Waals surface area contributed by atoms with Crippen LogP contribution in [0.4, 0.5) is 5.69 Å². The number of amides is 1. The number of nitrogens with one attached hydrogen (secondary N) is 1. The zero-order chi connectivity index (χ0) is 19.2. The smallest absolute Gasteiger partial charge is 0.337 e. The molecule has 27 heavy (non-hydrogen) atoms. The maximum atomic E-state index is 12.3. The molecule has 1 fully saturated rings. The molecule has 0 spiro atoms. The van der Waals surface area contributed by atoms with Crippen LogP contribution in [0, 0.1) is 0 Å². The van der Waals surface area contributed by atoms with Gasteiger partial charge in [0.1, 0.15) is 5.66 Å². The Bertz CT molecular complexity index is 946. The Hall–Kier alpha value is -3.08. The van der Waals surface area contributed by atoms with Gasteiger partial charge >= 0.3 is 5.97 Å². The molecule has 1 atom stereocenters. The molecule has 2 aromatic carbocycles. The second-order valence-electron chi connectivity index (χ2n) is 7.49. The Balaban J connectivity index is 1.72. The van der Waals surface area contributed by atoms with Crippen LogP contribution < -0.4 is 10.2 Å². The first-order valence-electron chi connectivity index (χ1n) is 8.95. The third-order valence-corrected chi connectivity index (χ3v) is 5.73. The van der Waals surface area contributed by atoms with Gasteiger partial charge in [-0.3, -0.25) is 4.79 Å². The minimum absolute atomic E-state index is 0.0169. The van der Waals surface area contributed by atoms with Crippen molar-refractivity contribution in [3.8, 4) is 0 Å². The second kappa shape index (κ2) is 5.98. The molecule has 0 saturated carbocycles. The van der Waals surface area contributed by atoms with Crippen molar-refractivity contribution in [2.75, 3.05) is 18.6 Å². The Morgan fingerprint density at radius 3 is 2.56 bits per heavy atom. The molecule has 1 N–H and O–H groups in total. The van der Waals surface area contributed by atoms with Crippen molar-refractivity contribution in [3.63, 3.8) is 0 Å². The Morgan fingerprint density at radius 2 is 1.85 bits per heavy atom. The Morgan fingerprint density at radius 1 is 1.15 bits per heavy atom. The fraction of sp³-hybridized carbons (Fsp3) is 0.273. The van der Waals surface area contributed by atoms with Crippen LogP contribution >= 0.6 is 0 Å². The first-order valence-corrected chi connectivity index (χ1v) is 8.95. The van der Waals surface area contributed by atoms with E-state index in [0.717, 1.165) is 11.3 Å². The zero-order valence-electron chi connectivity index (χ0n) is 15.7. The third kappa shape index (κ3) is 2.46. The highest BCUT2D eigenvalue weighted by Gasteiger charge is 2.59. The van der Waals surface area contributed by atoms with Gasteiger partial charge in [0, 0.05) is 11.1 Å². The van der Waals surface area contributed by atoms with E-state index < -0.39 is 5.66 Å². The topological polar surface area (TPSA) is 58.6 Å². The van der Waals surface area contributed by atoms with Crippen molar-refractivity contribution in [3.05, 3.63) is 71.3 Å². The third-order valence-electron chi connectivity index (χ3n) is 5.73. The van der Waals surface area contributed by atoms with Gasteiger partial charge in [0.25, 0.3) is 0 Å².